The Kier molecular flexibility index (Phi) is 5.41. The summed E-state index contributed by atoms with van der Waals surface area (Å²) in [6.45, 7) is 3.74. The second kappa shape index (κ2) is 7.07. The van der Waals surface area contributed by atoms with Gasteiger partial charge in [0, 0.05) is 32.2 Å². The largest absolute Gasteiger partial charge is 0.366 e. The van der Waals surface area contributed by atoms with Crippen LogP contribution in [0.4, 0.5) is 0 Å². The molecule has 5 heteroatoms. The summed E-state index contributed by atoms with van der Waals surface area (Å²) in [4.78, 5) is 14.2. The fourth-order valence-corrected chi connectivity index (χ4v) is 2.73. The molecule has 0 bridgehead atoms. The van der Waals surface area contributed by atoms with Crippen LogP contribution in [-0.2, 0) is 9.53 Å². The van der Waals surface area contributed by atoms with Crippen molar-refractivity contribution >= 4 is 5.91 Å². The summed E-state index contributed by atoms with van der Waals surface area (Å²) in [6, 6.07) is 0.717. The van der Waals surface area contributed by atoms with Crippen LogP contribution < -0.4 is 10.6 Å². The average molecular weight is 255 g/mol. The topological polar surface area (TPSA) is 53.6 Å². The zero-order chi connectivity index (χ0) is 12.8. The molecule has 1 heterocycles. The van der Waals surface area contributed by atoms with E-state index in [2.05, 4.69) is 22.6 Å². The van der Waals surface area contributed by atoms with Crippen molar-refractivity contribution in [1.29, 1.82) is 0 Å². The number of nitrogens with one attached hydrogen (secondary N) is 2. The molecule has 0 aromatic rings. The van der Waals surface area contributed by atoms with Crippen LogP contribution in [0.5, 0.6) is 0 Å². The van der Waals surface area contributed by atoms with Gasteiger partial charge in [-0.3, -0.25) is 4.79 Å². The monoisotopic (exact) mass is 255 g/mol. The normalized spacial score (nSPS) is 25.6. The van der Waals surface area contributed by atoms with Gasteiger partial charge in [-0.1, -0.05) is 12.8 Å². The molecule has 1 saturated carbocycles. The molecule has 1 amide bonds. The van der Waals surface area contributed by atoms with Gasteiger partial charge in [0.1, 0.15) is 6.10 Å². The first-order chi connectivity index (χ1) is 8.77. The number of carbonyl (C=O) groups excluding carboxylic acids is 1. The molecule has 1 atom stereocenters. The summed E-state index contributed by atoms with van der Waals surface area (Å²) in [7, 11) is 2.15. The molecule has 0 radical (unpaired) electrons. The highest BCUT2D eigenvalue weighted by molar-refractivity contribution is 5.81. The van der Waals surface area contributed by atoms with Crippen molar-refractivity contribution in [2.75, 3.05) is 39.8 Å². The van der Waals surface area contributed by atoms with Crippen LogP contribution in [0.3, 0.4) is 0 Å². The summed E-state index contributed by atoms with van der Waals surface area (Å²) in [5.41, 5.74) is 0. The van der Waals surface area contributed by atoms with E-state index in [0.29, 0.717) is 19.7 Å². The number of hydrogen-bond acceptors (Lipinski definition) is 4. The van der Waals surface area contributed by atoms with Gasteiger partial charge in [-0.05, 0) is 19.9 Å². The van der Waals surface area contributed by atoms with Gasteiger partial charge >= 0.3 is 0 Å². The molecular weight excluding hydrogens is 230 g/mol. The van der Waals surface area contributed by atoms with E-state index in [9.17, 15) is 4.79 Å². The number of rotatable bonds is 5. The minimum absolute atomic E-state index is 0.0158. The average Bonchev–Trinajstić information content (AvgIpc) is 2.93. The Bertz CT molecular complexity index is 261. The van der Waals surface area contributed by atoms with Crippen molar-refractivity contribution in [3.63, 3.8) is 0 Å². The Labute approximate surface area is 109 Å². The Morgan fingerprint density at radius 3 is 2.89 bits per heavy atom. The summed E-state index contributed by atoms with van der Waals surface area (Å²) in [6.07, 6.45) is 5.00. The first-order valence-electron chi connectivity index (χ1n) is 7.07. The molecular formula is C13H25N3O2. The lowest BCUT2D eigenvalue weighted by atomic mass is 10.2. The Morgan fingerprint density at radius 2 is 2.22 bits per heavy atom. The van der Waals surface area contributed by atoms with Crippen LogP contribution in [0.1, 0.15) is 25.7 Å². The van der Waals surface area contributed by atoms with Crippen LogP contribution in [0, 0.1) is 0 Å². The molecule has 18 heavy (non-hydrogen) atoms. The lowest BCUT2D eigenvalue weighted by Crippen LogP contribution is -2.49. The first kappa shape index (κ1) is 13.8. The van der Waals surface area contributed by atoms with E-state index < -0.39 is 0 Å². The van der Waals surface area contributed by atoms with Gasteiger partial charge in [0.15, 0.2) is 0 Å². The zero-order valence-electron chi connectivity index (χ0n) is 11.3. The molecule has 2 fully saturated rings. The molecule has 2 aliphatic rings. The van der Waals surface area contributed by atoms with E-state index in [1.165, 1.54) is 25.7 Å². The van der Waals surface area contributed by atoms with Crippen molar-refractivity contribution in [3.05, 3.63) is 0 Å². The highest BCUT2D eigenvalue weighted by Gasteiger charge is 2.22. The van der Waals surface area contributed by atoms with E-state index in [4.69, 9.17) is 4.74 Å². The standard InChI is InChI=1S/C13H25N3O2/c1-16(11-4-2-3-5-11)8-6-15-13(17)12-10-14-7-9-18-12/h11-12,14H,2-10H2,1H3,(H,15,17). The number of carbonyl (C=O) groups is 1. The Balaban J connectivity index is 1.60. The van der Waals surface area contributed by atoms with Crippen LogP contribution in [-0.4, -0.2) is 62.8 Å². The van der Waals surface area contributed by atoms with Crippen LogP contribution >= 0.6 is 0 Å². The van der Waals surface area contributed by atoms with Gasteiger partial charge in [0.05, 0.1) is 6.61 Å². The number of ether oxygens (including phenoxy) is 1. The number of hydrogen-bond donors (Lipinski definition) is 2. The molecule has 1 saturated heterocycles. The summed E-state index contributed by atoms with van der Waals surface area (Å²) >= 11 is 0. The maximum Gasteiger partial charge on any atom is 0.250 e. The van der Waals surface area contributed by atoms with Gasteiger partial charge in [0.25, 0.3) is 5.91 Å². The molecule has 1 unspecified atom stereocenters. The van der Waals surface area contributed by atoms with Gasteiger partial charge in [-0.2, -0.15) is 0 Å². The SMILES string of the molecule is CN(CCNC(=O)C1CNCCO1)C1CCCC1. The molecule has 104 valence electrons. The Morgan fingerprint density at radius 1 is 1.44 bits per heavy atom. The minimum atomic E-state index is -0.310. The molecule has 0 spiro atoms. The van der Waals surface area contributed by atoms with Crippen molar-refractivity contribution < 1.29 is 9.53 Å². The van der Waals surface area contributed by atoms with Crippen molar-refractivity contribution in [3.8, 4) is 0 Å². The highest BCUT2D eigenvalue weighted by atomic mass is 16.5. The zero-order valence-corrected chi connectivity index (χ0v) is 11.3. The first-order valence-corrected chi connectivity index (χ1v) is 7.07. The fourth-order valence-electron chi connectivity index (χ4n) is 2.73. The predicted molar refractivity (Wildman–Crippen MR) is 70.5 cm³/mol. The second-order valence-electron chi connectivity index (χ2n) is 5.27. The molecule has 0 aromatic carbocycles. The third-order valence-corrected chi connectivity index (χ3v) is 3.93. The van der Waals surface area contributed by atoms with E-state index in [1.807, 2.05) is 0 Å². The fraction of sp³-hybridized carbons (Fsp3) is 0.923. The third kappa shape index (κ3) is 3.93. The van der Waals surface area contributed by atoms with E-state index in [0.717, 1.165) is 19.1 Å². The van der Waals surface area contributed by atoms with E-state index in [-0.39, 0.29) is 12.0 Å². The molecule has 5 nitrogen and oxygen atoms in total. The molecule has 1 aliphatic carbocycles. The summed E-state index contributed by atoms with van der Waals surface area (Å²) < 4.78 is 5.41. The van der Waals surface area contributed by atoms with Crippen molar-refractivity contribution in [1.82, 2.24) is 15.5 Å². The third-order valence-electron chi connectivity index (χ3n) is 3.93. The van der Waals surface area contributed by atoms with Crippen molar-refractivity contribution in [2.45, 2.75) is 37.8 Å². The molecule has 2 N–H and O–H groups in total. The van der Waals surface area contributed by atoms with Crippen LogP contribution in [0.25, 0.3) is 0 Å². The summed E-state index contributed by atoms with van der Waals surface area (Å²) in [5, 5.41) is 6.12. The van der Waals surface area contributed by atoms with Crippen LogP contribution in [0.15, 0.2) is 0 Å². The number of morpholine rings is 1. The molecule has 2 rings (SSSR count). The Hall–Kier alpha value is -0.650. The van der Waals surface area contributed by atoms with Crippen LogP contribution in [0.2, 0.25) is 0 Å². The van der Waals surface area contributed by atoms with E-state index >= 15 is 0 Å². The van der Waals surface area contributed by atoms with Gasteiger partial charge in [0.2, 0.25) is 0 Å². The maximum atomic E-state index is 11.8. The molecule has 0 aromatic heterocycles. The number of nitrogens with zero attached hydrogens (tertiary/aromatic N) is 1. The quantitative estimate of drug-likeness (QED) is 0.724. The van der Waals surface area contributed by atoms with Crippen molar-refractivity contribution in [2.24, 2.45) is 0 Å². The van der Waals surface area contributed by atoms with Gasteiger partial charge in [-0.15, -0.1) is 0 Å². The second-order valence-corrected chi connectivity index (χ2v) is 5.27. The lowest BCUT2D eigenvalue weighted by molar-refractivity contribution is -0.134. The highest BCUT2D eigenvalue weighted by Crippen LogP contribution is 2.21. The minimum Gasteiger partial charge on any atom is -0.366 e. The van der Waals surface area contributed by atoms with Gasteiger partial charge < -0.3 is 20.3 Å². The van der Waals surface area contributed by atoms with E-state index in [1.54, 1.807) is 0 Å². The number of likely N-dealkylation sites (N-methyl/N-ethyl adjacent to an activating group) is 1. The number of amides is 1. The summed E-state index contributed by atoms with van der Waals surface area (Å²) in [5.74, 6) is 0.0158. The predicted octanol–water partition coefficient (Wildman–Crippen LogP) is -0.0346. The van der Waals surface area contributed by atoms with Gasteiger partial charge in [-0.25, -0.2) is 0 Å². The molecule has 1 aliphatic heterocycles. The smallest absolute Gasteiger partial charge is 0.250 e. The lowest BCUT2D eigenvalue weighted by Gasteiger charge is -2.25. The maximum absolute atomic E-state index is 11.8.